The lowest BCUT2D eigenvalue weighted by Crippen LogP contribution is -2.05. The maximum absolute atomic E-state index is 9.27. The molecular weight excluding hydrogens is 281 g/mol. The lowest BCUT2D eigenvalue weighted by atomic mass is 10.2. The van der Waals surface area contributed by atoms with Gasteiger partial charge >= 0.3 is 0 Å². The van der Waals surface area contributed by atoms with Crippen molar-refractivity contribution >= 4 is 29.3 Å². The van der Waals surface area contributed by atoms with Gasteiger partial charge in [0.05, 0.1) is 22.0 Å². The zero-order valence-corrected chi connectivity index (χ0v) is 11.4. The molecule has 0 atom stereocenters. The first-order valence-corrected chi connectivity index (χ1v) is 6.59. The predicted molar refractivity (Wildman–Crippen MR) is 76.0 cm³/mol. The van der Waals surface area contributed by atoms with Gasteiger partial charge in [-0.15, -0.1) is 0 Å². The van der Waals surface area contributed by atoms with Gasteiger partial charge in [0.15, 0.2) is 0 Å². The maximum Gasteiger partial charge on any atom is 0.138 e. The second-order valence-electron chi connectivity index (χ2n) is 4.22. The number of aromatic nitrogens is 2. The standard InChI is InChI=1S/C14H9Cl2N3/c15-12-10(8-17)11-5-1-2-7-19(11)13(12)9-4-3-6-18-14(9)16/h1,3-6H,2,7H2. The highest BCUT2D eigenvalue weighted by Crippen LogP contribution is 2.39. The third kappa shape index (κ3) is 1.85. The molecule has 0 aromatic carbocycles. The van der Waals surface area contributed by atoms with Crippen molar-refractivity contribution in [2.75, 3.05) is 0 Å². The number of pyridine rings is 1. The summed E-state index contributed by atoms with van der Waals surface area (Å²) in [5, 5.41) is 10.1. The number of nitrogens with zero attached hydrogens (tertiary/aromatic N) is 3. The Morgan fingerprint density at radius 3 is 2.95 bits per heavy atom. The summed E-state index contributed by atoms with van der Waals surface area (Å²) >= 11 is 12.5. The molecule has 19 heavy (non-hydrogen) atoms. The van der Waals surface area contributed by atoms with Crippen molar-refractivity contribution in [3.8, 4) is 17.3 Å². The highest BCUT2D eigenvalue weighted by Gasteiger charge is 2.23. The summed E-state index contributed by atoms with van der Waals surface area (Å²) in [6.07, 6.45) is 6.52. The van der Waals surface area contributed by atoms with E-state index >= 15 is 0 Å². The normalized spacial score (nSPS) is 13.1. The average molecular weight is 290 g/mol. The van der Waals surface area contributed by atoms with Gasteiger partial charge in [-0.25, -0.2) is 4.98 Å². The zero-order valence-electron chi connectivity index (χ0n) is 9.90. The molecule has 0 saturated carbocycles. The van der Waals surface area contributed by atoms with Crippen molar-refractivity contribution < 1.29 is 0 Å². The lowest BCUT2D eigenvalue weighted by molar-refractivity contribution is 0.703. The van der Waals surface area contributed by atoms with Gasteiger partial charge in [0.1, 0.15) is 11.2 Å². The molecule has 3 heterocycles. The molecule has 1 aliphatic heterocycles. The molecule has 0 fully saturated rings. The molecule has 1 aliphatic rings. The number of halogens is 2. The van der Waals surface area contributed by atoms with Crippen LogP contribution >= 0.6 is 23.2 Å². The number of hydrogen-bond acceptors (Lipinski definition) is 2. The second kappa shape index (κ2) is 4.73. The average Bonchev–Trinajstić information content (AvgIpc) is 2.71. The Bertz CT molecular complexity index is 723. The fourth-order valence-corrected chi connectivity index (χ4v) is 2.89. The summed E-state index contributed by atoms with van der Waals surface area (Å²) in [5.74, 6) is 0. The van der Waals surface area contributed by atoms with Gasteiger partial charge in [-0.05, 0) is 24.6 Å². The van der Waals surface area contributed by atoms with Gasteiger partial charge in [-0.1, -0.05) is 29.3 Å². The molecule has 0 aliphatic carbocycles. The topological polar surface area (TPSA) is 41.6 Å². The number of hydrogen-bond donors (Lipinski definition) is 0. The molecule has 0 amide bonds. The molecule has 3 nitrogen and oxygen atoms in total. The van der Waals surface area contributed by atoms with Gasteiger partial charge in [0.25, 0.3) is 0 Å². The van der Waals surface area contributed by atoms with Crippen LogP contribution in [0, 0.1) is 11.3 Å². The fraction of sp³-hybridized carbons (Fsp3) is 0.143. The van der Waals surface area contributed by atoms with Crippen LogP contribution in [0.4, 0.5) is 0 Å². The Morgan fingerprint density at radius 2 is 2.21 bits per heavy atom. The third-order valence-electron chi connectivity index (χ3n) is 3.17. The van der Waals surface area contributed by atoms with Crippen molar-refractivity contribution in [3.63, 3.8) is 0 Å². The van der Waals surface area contributed by atoms with Gasteiger partial charge in [0, 0.05) is 18.3 Å². The predicted octanol–water partition coefficient (Wildman–Crippen LogP) is 4.15. The van der Waals surface area contributed by atoms with Crippen LogP contribution in [0.15, 0.2) is 24.4 Å². The molecule has 5 heteroatoms. The van der Waals surface area contributed by atoms with Gasteiger partial charge in [-0.2, -0.15) is 5.26 Å². The summed E-state index contributed by atoms with van der Waals surface area (Å²) < 4.78 is 2.03. The van der Waals surface area contributed by atoms with Crippen LogP contribution in [0.25, 0.3) is 17.3 Å². The Kier molecular flexibility index (Phi) is 3.06. The molecule has 0 unspecified atom stereocenters. The number of nitriles is 1. The van der Waals surface area contributed by atoms with Crippen LogP contribution in [-0.2, 0) is 6.54 Å². The molecule has 0 spiro atoms. The molecule has 0 bridgehead atoms. The van der Waals surface area contributed by atoms with Crippen molar-refractivity contribution in [2.24, 2.45) is 0 Å². The first kappa shape index (κ1) is 12.3. The summed E-state index contributed by atoms with van der Waals surface area (Å²) in [4.78, 5) is 4.07. The molecule has 3 rings (SSSR count). The molecule has 0 saturated heterocycles. The second-order valence-corrected chi connectivity index (χ2v) is 4.96. The van der Waals surface area contributed by atoms with Gasteiger partial charge in [0.2, 0.25) is 0 Å². The highest BCUT2D eigenvalue weighted by atomic mass is 35.5. The van der Waals surface area contributed by atoms with Crippen molar-refractivity contribution in [2.45, 2.75) is 13.0 Å². The molecule has 0 radical (unpaired) electrons. The summed E-state index contributed by atoms with van der Waals surface area (Å²) in [5.41, 5.74) is 2.86. The van der Waals surface area contributed by atoms with Crippen LogP contribution < -0.4 is 0 Å². The van der Waals surface area contributed by atoms with Crippen LogP contribution in [0.5, 0.6) is 0 Å². The van der Waals surface area contributed by atoms with Crippen LogP contribution in [-0.4, -0.2) is 9.55 Å². The van der Waals surface area contributed by atoms with Crippen LogP contribution in [0.1, 0.15) is 17.7 Å². The smallest absolute Gasteiger partial charge is 0.138 e. The minimum atomic E-state index is 0.392. The van der Waals surface area contributed by atoms with E-state index in [9.17, 15) is 5.26 Å². The maximum atomic E-state index is 9.27. The largest absolute Gasteiger partial charge is 0.338 e. The minimum Gasteiger partial charge on any atom is -0.338 e. The Balaban J connectivity index is 2.35. The van der Waals surface area contributed by atoms with Gasteiger partial charge in [-0.3, -0.25) is 0 Å². The van der Waals surface area contributed by atoms with E-state index in [2.05, 4.69) is 11.1 Å². The Labute approximate surface area is 120 Å². The van der Waals surface area contributed by atoms with Gasteiger partial charge < -0.3 is 4.57 Å². The van der Waals surface area contributed by atoms with Crippen LogP contribution in [0.3, 0.4) is 0 Å². The lowest BCUT2D eigenvalue weighted by Gasteiger charge is -2.14. The van der Waals surface area contributed by atoms with E-state index in [1.165, 1.54) is 0 Å². The monoisotopic (exact) mass is 289 g/mol. The van der Waals surface area contributed by atoms with E-state index in [4.69, 9.17) is 23.2 Å². The van der Waals surface area contributed by atoms with E-state index in [1.54, 1.807) is 6.20 Å². The summed E-state index contributed by atoms with van der Waals surface area (Å²) in [6, 6.07) is 5.84. The third-order valence-corrected chi connectivity index (χ3v) is 3.83. The van der Waals surface area contributed by atoms with Crippen LogP contribution in [0.2, 0.25) is 10.2 Å². The first-order valence-electron chi connectivity index (χ1n) is 5.83. The fourth-order valence-electron chi connectivity index (χ4n) is 2.34. The zero-order chi connectivity index (χ0) is 13.4. The molecule has 2 aromatic rings. The van der Waals surface area contributed by atoms with E-state index in [1.807, 2.05) is 28.9 Å². The van der Waals surface area contributed by atoms with E-state index in [0.717, 1.165) is 29.9 Å². The summed E-state index contributed by atoms with van der Waals surface area (Å²) in [6.45, 7) is 0.786. The first-order chi connectivity index (χ1) is 9.24. The van der Waals surface area contributed by atoms with E-state index < -0.39 is 0 Å². The minimum absolute atomic E-state index is 0.392. The summed E-state index contributed by atoms with van der Waals surface area (Å²) in [7, 11) is 0. The molecule has 94 valence electrons. The van der Waals surface area contributed by atoms with E-state index in [-0.39, 0.29) is 0 Å². The Morgan fingerprint density at radius 1 is 1.37 bits per heavy atom. The molecule has 0 N–H and O–H groups in total. The number of allylic oxidation sites excluding steroid dienone is 1. The van der Waals surface area contributed by atoms with Crippen molar-refractivity contribution in [1.82, 2.24) is 9.55 Å². The SMILES string of the molecule is N#Cc1c(Cl)c(-c2cccnc2Cl)n2c1C=CCC2. The van der Waals surface area contributed by atoms with E-state index in [0.29, 0.717) is 15.7 Å². The van der Waals surface area contributed by atoms with Crippen molar-refractivity contribution in [1.29, 1.82) is 5.26 Å². The Hall–Kier alpha value is -1.76. The number of rotatable bonds is 1. The number of fused-ring (bicyclic) bond motifs is 1. The highest BCUT2D eigenvalue weighted by molar-refractivity contribution is 6.36. The van der Waals surface area contributed by atoms with Crippen molar-refractivity contribution in [3.05, 3.63) is 45.8 Å². The molecule has 2 aromatic heterocycles. The molecular formula is C14H9Cl2N3. The quantitative estimate of drug-likeness (QED) is 0.740.